The van der Waals surface area contributed by atoms with Crippen LogP contribution in [0, 0.1) is 5.92 Å². The van der Waals surface area contributed by atoms with E-state index in [1.807, 2.05) is 0 Å². The van der Waals surface area contributed by atoms with Crippen LogP contribution in [0.1, 0.15) is 12.8 Å². The molecule has 2 aliphatic rings. The second kappa shape index (κ2) is 1.56. The van der Waals surface area contributed by atoms with Crippen LogP contribution in [0.5, 0.6) is 0 Å². The van der Waals surface area contributed by atoms with Gasteiger partial charge in [-0.05, 0) is 6.42 Å². The van der Waals surface area contributed by atoms with Gasteiger partial charge in [-0.15, -0.1) is 0 Å². The van der Waals surface area contributed by atoms with Gasteiger partial charge in [-0.3, -0.25) is 4.79 Å². The Labute approximate surface area is 53.1 Å². The van der Waals surface area contributed by atoms with Crippen molar-refractivity contribution in [2.45, 2.75) is 18.9 Å². The molecule has 48 valence electrons. The molecule has 0 saturated heterocycles. The average Bonchev–Trinajstić information content (AvgIpc) is 2.35. The first-order chi connectivity index (χ1) is 4.38. The molecule has 3 nitrogen and oxygen atoms in total. The molecule has 0 aromatic rings. The molecule has 1 aliphatic heterocycles. The Morgan fingerprint density at radius 3 is 3.44 bits per heavy atom. The van der Waals surface area contributed by atoms with E-state index in [2.05, 4.69) is 10.5 Å². The van der Waals surface area contributed by atoms with Crippen molar-refractivity contribution >= 4 is 12.0 Å². The lowest BCUT2D eigenvalue weighted by atomic mass is 10.1. The molecule has 3 heteroatoms. The van der Waals surface area contributed by atoms with E-state index in [1.54, 1.807) is 6.21 Å². The van der Waals surface area contributed by atoms with Gasteiger partial charge in [0.2, 0.25) is 0 Å². The van der Waals surface area contributed by atoms with E-state index in [1.165, 1.54) is 0 Å². The van der Waals surface area contributed by atoms with E-state index in [0.717, 1.165) is 12.8 Å². The number of nitrogens with one attached hydrogen (secondary N) is 1. The van der Waals surface area contributed by atoms with Crippen molar-refractivity contribution in [3.63, 3.8) is 0 Å². The Morgan fingerprint density at radius 2 is 2.67 bits per heavy atom. The highest BCUT2D eigenvalue weighted by atomic mass is 16.1. The topological polar surface area (TPSA) is 41.5 Å². The lowest BCUT2D eigenvalue weighted by molar-refractivity contribution is -0.118. The summed E-state index contributed by atoms with van der Waals surface area (Å²) in [7, 11) is 0. The first-order valence-corrected chi connectivity index (χ1v) is 3.19. The van der Waals surface area contributed by atoms with Gasteiger partial charge in [0.05, 0.1) is 12.0 Å². The number of hydrazone groups is 1. The summed E-state index contributed by atoms with van der Waals surface area (Å²) >= 11 is 0. The zero-order valence-electron chi connectivity index (χ0n) is 5.00. The van der Waals surface area contributed by atoms with Crippen molar-refractivity contribution in [2.75, 3.05) is 0 Å². The van der Waals surface area contributed by atoms with Gasteiger partial charge in [0.1, 0.15) is 5.78 Å². The normalized spacial score (nSPS) is 38.9. The minimum atomic E-state index is 0.102. The maximum atomic E-state index is 10.9. The summed E-state index contributed by atoms with van der Waals surface area (Å²) in [5, 5.41) is 3.82. The van der Waals surface area contributed by atoms with Gasteiger partial charge in [0.15, 0.2) is 0 Å². The van der Waals surface area contributed by atoms with E-state index in [0.29, 0.717) is 11.8 Å². The van der Waals surface area contributed by atoms with Gasteiger partial charge < -0.3 is 5.43 Å². The van der Waals surface area contributed by atoms with E-state index >= 15 is 0 Å². The van der Waals surface area contributed by atoms with Crippen LogP contribution in [0.3, 0.4) is 0 Å². The third-order valence-corrected chi connectivity index (χ3v) is 1.98. The van der Waals surface area contributed by atoms with Gasteiger partial charge in [-0.2, -0.15) is 5.10 Å². The number of carbonyl (C=O) groups excluding carboxylic acids is 1. The molecule has 0 bridgehead atoms. The van der Waals surface area contributed by atoms with Crippen LogP contribution in [0.15, 0.2) is 5.10 Å². The van der Waals surface area contributed by atoms with Crippen molar-refractivity contribution in [3.8, 4) is 0 Å². The standard InChI is InChI=1S/C6H8N2O/c9-6-2-1-5-4(6)3-7-8-5/h3-5,8H,1-2H2. The van der Waals surface area contributed by atoms with E-state index < -0.39 is 0 Å². The average molecular weight is 124 g/mol. The number of hydrogen-bond acceptors (Lipinski definition) is 3. The van der Waals surface area contributed by atoms with Crippen LogP contribution in [-0.4, -0.2) is 18.0 Å². The minimum Gasteiger partial charge on any atom is -0.306 e. The molecule has 0 amide bonds. The van der Waals surface area contributed by atoms with Crippen LogP contribution < -0.4 is 5.43 Å². The van der Waals surface area contributed by atoms with Gasteiger partial charge >= 0.3 is 0 Å². The fourth-order valence-electron chi connectivity index (χ4n) is 1.42. The van der Waals surface area contributed by atoms with Crippen molar-refractivity contribution in [3.05, 3.63) is 0 Å². The highest BCUT2D eigenvalue weighted by molar-refractivity contribution is 5.98. The van der Waals surface area contributed by atoms with Crippen LogP contribution in [0.25, 0.3) is 0 Å². The molecule has 2 rings (SSSR count). The lowest BCUT2D eigenvalue weighted by Gasteiger charge is -2.02. The summed E-state index contributed by atoms with van der Waals surface area (Å²) in [4.78, 5) is 10.9. The second-order valence-electron chi connectivity index (χ2n) is 2.54. The SMILES string of the molecule is O=C1CCC2NN=CC12. The van der Waals surface area contributed by atoms with E-state index in [4.69, 9.17) is 0 Å². The molecular formula is C6H8N2O. The summed E-state index contributed by atoms with van der Waals surface area (Å²) in [6.45, 7) is 0. The van der Waals surface area contributed by atoms with Crippen molar-refractivity contribution in [1.29, 1.82) is 0 Å². The summed E-state index contributed by atoms with van der Waals surface area (Å²) in [5.74, 6) is 0.443. The highest BCUT2D eigenvalue weighted by Gasteiger charge is 2.35. The monoisotopic (exact) mass is 124 g/mol. The number of hydrogen-bond donors (Lipinski definition) is 1. The molecule has 0 radical (unpaired) electrons. The van der Waals surface area contributed by atoms with Crippen LogP contribution in [0.2, 0.25) is 0 Å². The summed E-state index contributed by atoms with van der Waals surface area (Å²) < 4.78 is 0. The number of fused-ring (bicyclic) bond motifs is 1. The molecule has 1 aliphatic carbocycles. The highest BCUT2D eigenvalue weighted by Crippen LogP contribution is 2.23. The largest absolute Gasteiger partial charge is 0.306 e. The Kier molecular flexibility index (Phi) is 0.860. The third-order valence-electron chi connectivity index (χ3n) is 1.98. The first kappa shape index (κ1) is 4.97. The zero-order valence-corrected chi connectivity index (χ0v) is 5.00. The van der Waals surface area contributed by atoms with Gasteiger partial charge in [-0.1, -0.05) is 0 Å². The second-order valence-corrected chi connectivity index (χ2v) is 2.54. The fourth-order valence-corrected chi connectivity index (χ4v) is 1.42. The summed E-state index contributed by atoms with van der Waals surface area (Å²) in [6, 6.07) is 0.331. The van der Waals surface area contributed by atoms with Crippen LogP contribution in [-0.2, 0) is 4.79 Å². The Bertz CT molecular complexity index is 176. The predicted octanol–water partition coefficient (Wildman–Crippen LogP) is -0.0769. The van der Waals surface area contributed by atoms with Gasteiger partial charge in [-0.25, -0.2) is 0 Å². The molecular weight excluding hydrogens is 116 g/mol. The van der Waals surface area contributed by atoms with E-state index in [-0.39, 0.29) is 5.92 Å². The molecule has 1 saturated carbocycles. The molecule has 0 aromatic heterocycles. The number of ketones is 1. The molecule has 0 spiro atoms. The van der Waals surface area contributed by atoms with Crippen molar-refractivity contribution in [2.24, 2.45) is 11.0 Å². The van der Waals surface area contributed by atoms with Crippen LogP contribution >= 0.6 is 0 Å². The van der Waals surface area contributed by atoms with Crippen molar-refractivity contribution < 1.29 is 4.79 Å². The maximum Gasteiger partial charge on any atom is 0.143 e. The molecule has 0 aromatic carbocycles. The number of Topliss-reactive ketones (excluding diaryl/α,β-unsaturated/α-hetero) is 1. The van der Waals surface area contributed by atoms with Gasteiger partial charge in [0, 0.05) is 12.6 Å². The van der Waals surface area contributed by atoms with Crippen LogP contribution in [0.4, 0.5) is 0 Å². The fraction of sp³-hybridized carbons (Fsp3) is 0.667. The lowest BCUT2D eigenvalue weighted by Crippen LogP contribution is -2.24. The molecule has 2 unspecified atom stereocenters. The number of nitrogens with zero attached hydrogens (tertiary/aromatic N) is 1. The number of rotatable bonds is 0. The molecule has 1 N–H and O–H groups in total. The maximum absolute atomic E-state index is 10.9. The predicted molar refractivity (Wildman–Crippen MR) is 33.1 cm³/mol. The number of carbonyl (C=O) groups is 1. The zero-order chi connectivity index (χ0) is 6.27. The Hall–Kier alpha value is -0.860. The molecule has 2 atom stereocenters. The first-order valence-electron chi connectivity index (χ1n) is 3.19. The van der Waals surface area contributed by atoms with Gasteiger partial charge in [0.25, 0.3) is 0 Å². The summed E-state index contributed by atoms with van der Waals surface area (Å²) in [6.07, 6.45) is 3.41. The Balaban J connectivity index is 2.24. The quantitative estimate of drug-likeness (QED) is 0.491. The smallest absolute Gasteiger partial charge is 0.143 e. The summed E-state index contributed by atoms with van der Waals surface area (Å²) in [5.41, 5.74) is 2.90. The van der Waals surface area contributed by atoms with Crippen molar-refractivity contribution in [1.82, 2.24) is 5.43 Å². The third kappa shape index (κ3) is 0.573. The molecule has 1 fully saturated rings. The Morgan fingerprint density at radius 1 is 1.78 bits per heavy atom. The van der Waals surface area contributed by atoms with E-state index in [9.17, 15) is 4.79 Å². The molecule has 9 heavy (non-hydrogen) atoms. The minimum absolute atomic E-state index is 0.102. The molecule has 1 heterocycles.